The van der Waals surface area contributed by atoms with Gasteiger partial charge in [-0.05, 0) is 24.3 Å². The van der Waals surface area contributed by atoms with Crippen LogP contribution in [0.25, 0.3) is 0 Å². The molecule has 0 atom stereocenters. The van der Waals surface area contributed by atoms with Crippen molar-refractivity contribution < 1.29 is 9.37 Å². The first-order valence-electron chi connectivity index (χ1n) is 7.59. The second kappa shape index (κ2) is 6.89. The summed E-state index contributed by atoms with van der Waals surface area (Å²) in [6.07, 6.45) is 0. The zero-order valence-electron chi connectivity index (χ0n) is 12.5. The lowest BCUT2D eigenvalue weighted by atomic mass is 10.2. The zero-order valence-corrected chi connectivity index (χ0v) is 12.5. The Morgan fingerprint density at radius 3 is 2.45 bits per heavy atom. The predicted molar refractivity (Wildman–Crippen MR) is 87.3 cm³/mol. The Labute approximate surface area is 130 Å². The van der Waals surface area contributed by atoms with Crippen molar-refractivity contribution in [2.45, 2.75) is 0 Å². The Morgan fingerprint density at radius 2 is 1.73 bits per heavy atom. The van der Waals surface area contributed by atoms with Crippen LogP contribution in [0.1, 0.15) is 15.9 Å². The second-order valence-corrected chi connectivity index (χ2v) is 5.25. The summed E-state index contributed by atoms with van der Waals surface area (Å²) in [5, 5.41) is 6.40. The van der Waals surface area contributed by atoms with Gasteiger partial charge in [-0.3, -0.25) is 14.7 Å². The van der Waals surface area contributed by atoms with E-state index in [-0.39, 0.29) is 5.91 Å². The van der Waals surface area contributed by atoms with E-state index >= 15 is 0 Å². The van der Waals surface area contributed by atoms with Crippen LogP contribution in [-0.4, -0.2) is 42.5 Å². The quantitative estimate of drug-likeness (QED) is 0.820. The number of rotatable bonds is 5. The summed E-state index contributed by atoms with van der Waals surface area (Å²) in [5.74, 6) is 1.13. The summed E-state index contributed by atoms with van der Waals surface area (Å²) in [5.41, 5.74) is 1.89. The topological polar surface area (TPSA) is 44.1 Å². The summed E-state index contributed by atoms with van der Waals surface area (Å²) >= 11 is 0. The summed E-state index contributed by atoms with van der Waals surface area (Å²) < 4.78 is 2.28. The van der Waals surface area contributed by atoms with E-state index in [1.165, 1.54) is 5.56 Å². The average molecular weight is 294 g/mol. The third-order valence-electron chi connectivity index (χ3n) is 3.74. The number of carbonyl (C=O) groups is 1. The Morgan fingerprint density at radius 1 is 1.05 bits per heavy atom. The van der Waals surface area contributed by atoms with Gasteiger partial charge in [0.05, 0.1) is 12.1 Å². The molecule has 1 aliphatic heterocycles. The first-order chi connectivity index (χ1) is 10.8. The smallest absolute Gasteiger partial charge is 0.277 e. The van der Waals surface area contributed by atoms with Gasteiger partial charge in [0, 0.05) is 5.56 Å². The Hall–Kier alpha value is -2.62. The molecule has 1 amide bonds. The molecule has 0 saturated heterocycles. The lowest BCUT2D eigenvalue weighted by Gasteiger charge is -2.07. The highest BCUT2D eigenvalue weighted by atomic mass is 16.1. The van der Waals surface area contributed by atoms with E-state index in [4.69, 9.17) is 0 Å². The maximum atomic E-state index is 12.0. The molecule has 22 heavy (non-hydrogen) atoms. The molecule has 4 nitrogen and oxygen atoms in total. The van der Waals surface area contributed by atoms with Crippen molar-refractivity contribution in [1.29, 1.82) is 0 Å². The number of hydrogen-bond acceptors (Lipinski definition) is 2. The van der Waals surface area contributed by atoms with E-state index in [1.807, 2.05) is 48.5 Å². The van der Waals surface area contributed by atoms with Crippen LogP contribution in [0.15, 0.2) is 60.7 Å². The van der Waals surface area contributed by atoms with Crippen LogP contribution >= 0.6 is 0 Å². The number of nitrogens with zero attached hydrogens (tertiary/aromatic N) is 1. The Kier molecular flexibility index (Phi) is 4.49. The lowest BCUT2D eigenvalue weighted by Crippen LogP contribution is -2.32. The van der Waals surface area contributed by atoms with Gasteiger partial charge in [0.1, 0.15) is 19.6 Å². The first kappa shape index (κ1) is 14.3. The highest BCUT2D eigenvalue weighted by molar-refractivity contribution is 5.95. The molecular weight excluding hydrogens is 274 g/mol. The fraction of sp³-hybridized carbons (Fsp3) is 0.222. The van der Waals surface area contributed by atoms with Crippen LogP contribution < -0.4 is 10.6 Å². The van der Waals surface area contributed by atoms with E-state index in [9.17, 15) is 4.79 Å². The normalized spacial score (nSPS) is 13.8. The van der Waals surface area contributed by atoms with Gasteiger partial charge in [0.25, 0.3) is 11.7 Å². The Bertz CT molecular complexity index is 665. The van der Waals surface area contributed by atoms with E-state index in [2.05, 4.69) is 27.3 Å². The Balaban J connectivity index is 1.60. The maximum Gasteiger partial charge on any atom is 0.277 e. The first-order valence-corrected chi connectivity index (χ1v) is 7.59. The largest absolute Gasteiger partial charge is 0.348 e. The van der Waals surface area contributed by atoms with E-state index < -0.39 is 0 Å². The predicted octanol–water partition coefficient (Wildman–Crippen LogP) is 1.48. The van der Waals surface area contributed by atoms with Crippen molar-refractivity contribution in [1.82, 2.24) is 10.6 Å². The minimum absolute atomic E-state index is 0.0194. The third kappa shape index (κ3) is 3.34. The second-order valence-electron chi connectivity index (χ2n) is 5.25. The number of amidine groups is 1. The summed E-state index contributed by atoms with van der Waals surface area (Å²) in [7, 11) is 0. The highest BCUT2D eigenvalue weighted by Gasteiger charge is 2.21. The number of hydrogen-bond donors (Lipinski definition) is 2. The van der Waals surface area contributed by atoms with E-state index in [0.717, 1.165) is 25.5 Å². The van der Waals surface area contributed by atoms with Crippen LogP contribution in [-0.2, 0) is 0 Å². The van der Waals surface area contributed by atoms with Crippen molar-refractivity contribution in [2.75, 3.05) is 26.2 Å². The molecule has 0 unspecified atom stereocenters. The minimum atomic E-state index is -0.0194. The third-order valence-corrected chi connectivity index (χ3v) is 3.74. The van der Waals surface area contributed by atoms with Gasteiger partial charge in [-0.25, -0.2) is 0 Å². The molecular formula is C18H20N3O+. The van der Waals surface area contributed by atoms with Gasteiger partial charge in [0.2, 0.25) is 0 Å². The standard InChI is InChI=1S/C18H19N3O/c22-18(16-9-5-2-6-10-16)20-12-14-21-13-11-19-17(21)15-7-3-1-4-8-15/h1-10H,11-14H2,(H,20,22)/p+1. The molecule has 0 aromatic heterocycles. The highest BCUT2D eigenvalue weighted by Crippen LogP contribution is 2.03. The molecule has 3 rings (SSSR count). The van der Waals surface area contributed by atoms with Gasteiger partial charge in [-0.1, -0.05) is 36.4 Å². The molecule has 1 aliphatic rings. The van der Waals surface area contributed by atoms with Crippen molar-refractivity contribution in [2.24, 2.45) is 0 Å². The van der Waals surface area contributed by atoms with Crippen LogP contribution in [0, 0.1) is 0 Å². The molecule has 0 saturated carbocycles. The number of carbonyl (C=O) groups excluding carboxylic acids is 1. The van der Waals surface area contributed by atoms with Crippen LogP contribution in [0.3, 0.4) is 0 Å². The summed E-state index contributed by atoms with van der Waals surface area (Å²) in [6.45, 7) is 3.34. The molecule has 1 heterocycles. The van der Waals surface area contributed by atoms with E-state index in [1.54, 1.807) is 0 Å². The molecule has 2 N–H and O–H groups in total. The SMILES string of the molecule is O=C(NCC[N+]1=C(c2ccccc2)NCC1)c1ccccc1. The van der Waals surface area contributed by atoms with Crippen molar-refractivity contribution in [3.05, 3.63) is 71.8 Å². The lowest BCUT2D eigenvalue weighted by molar-refractivity contribution is -0.515. The molecule has 0 fully saturated rings. The van der Waals surface area contributed by atoms with Gasteiger partial charge in [-0.2, -0.15) is 0 Å². The number of nitrogens with one attached hydrogen (secondary N) is 2. The molecule has 2 aromatic rings. The summed E-state index contributed by atoms with van der Waals surface area (Å²) in [6, 6.07) is 19.6. The molecule has 0 spiro atoms. The molecule has 0 bridgehead atoms. The van der Waals surface area contributed by atoms with Crippen molar-refractivity contribution >= 4 is 11.7 Å². The minimum Gasteiger partial charge on any atom is -0.348 e. The average Bonchev–Trinajstić information content (AvgIpc) is 3.05. The van der Waals surface area contributed by atoms with Gasteiger partial charge < -0.3 is 5.32 Å². The number of amides is 1. The van der Waals surface area contributed by atoms with Crippen LogP contribution in [0.5, 0.6) is 0 Å². The van der Waals surface area contributed by atoms with Crippen molar-refractivity contribution in [3.8, 4) is 0 Å². The van der Waals surface area contributed by atoms with Crippen LogP contribution in [0.2, 0.25) is 0 Å². The molecule has 112 valence electrons. The molecule has 0 radical (unpaired) electrons. The fourth-order valence-electron chi connectivity index (χ4n) is 2.63. The molecule has 4 heteroatoms. The monoisotopic (exact) mass is 294 g/mol. The summed E-state index contributed by atoms with van der Waals surface area (Å²) in [4.78, 5) is 12.0. The number of benzene rings is 2. The fourth-order valence-corrected chi connectivity index (χ4v) is 2.63. The van der Waals surface area contributed by atoms with E-state index in [0.29, 0.717) is 12.1 Å². The van der Waals surface area contributed by atoms with Gasteiger partial charge in [0.15, 0.2) is 0 Å². The van der Waals surface area contributed by atoms with Crippen LogP contribution in [0.4, 0.5) is 0 Å². The van der Waals surface area contributed by atoms with Gasteiger partial charge >= 0.3 is 0 Å². The maximum absolute atomic E-state index is 12.0. The van der Waals surface area contributed by atoms with Crippen molar-refractivity contribution in [3.63, 3.8) is 0 Å². The molecule has 0 aliphatic carbocycles. The molecule has 2 aromatic carbocycles. The van der Waals surface area contributed by atoms with Gasteiger partial charge in [-0.15, -0.1) is 0 Å². The zero-order chi connectivity index (χ0) is 15.2.